The fraction of sp³-hybridized carbons (Fsp3) is 0.632. The van der Waals surface area contributed by atoms with Crippen LogP contribution in [0, 0.1) is 11.3 Å². The van der Waals surface area contributed by atoms with Crippen molar-refractivity contribution in [3.63, 3.8) is 0 Å². The molecule has 0 aliphatic carbocycles. The highest BCUT2D eigenvalue weighted by Crippen LogP contribution is 2.68. The van der Waals surface area contributed by atoms with E-state index in [0.717, 1.165) is 6.07 Å². The fourth-order valence-electron chi connectivity index (χ4n) is 2.89. The van der Waals surface area contributed by atoms with E-state index in [1.807, 2.05) is 0 Å². The van der Waals surface area contributed by atoms with E-state index in [0.29, 0.717) is 0 Å². The van der Waals surface area contributed by atoms with Crippen LogP contribution < -0.4 is 0 Å². The molecular weight excluding hydrogens is 717 g/mol. The van der Waals surface area contributed by atoms with Crippen LogP contribution in [0.15, 0.2) is 24.3 Å². The van der Waals surface area contributed by atoms with Crippen LogP contribution in [0.4, 0.5) is 110 Å². The Morgan fingerprint density at radius 3 is 0.778 bits per heavy atom. The van der Waals surface area contributed by atoms with E-state index in [4.69, 9.17) is 5.26 Å². The predicted molar refractivity (Wildman–Crippen MR) is 90.6 cm³/mol. The highest BCUT2D eigenvalue weighted by atomic mass is 19.4. The first-order valence-electron chi connectivity index (χ1n) is 10.0. The van der Waals surface area contributed by atoms with Crippen LogP contribution in [0.3, 0.4) is 0 Å². The summed E-state index contributed by atoms with van der Waals surface area (Å²) in [6.45, 7) is 0. The Kier molecular flexibility index (Phi) is 9.09. The Balaban J connectivity index is 3.91. The third-order valence-electron chi connectivity index (χ3n) is 5.68. The third-order valence-corrected chi connectivity index (χ3v) is 5.68. The summed E-state index contributed by atoms with van der Waals surface area (Å²) < 4.78 is 337. The van der Waals surface area contributed by atoms with E-state index < -0.39 is 94.6 Å². The van der Waals surface area contributed by atoms with Gasteiger partial charge in [0.1, 0.15) is 0 Å². The van der Waals surface area contributed by atoms with Crippen molar-refractivity contribution in [3.05, 3.63) is 35.4 Å². The molecule has 0 heterocycles. The Bertz CT molecular complexity index is 1280. The average molecular weight is 721 g/mol. The second-order valence-corrected chi connectivity index (χ2v) is 8.51. The lowest BCUT2D eigenvalue weighted by atomic mass is 9.84. The summed E-state index contributed by atoms with van der Waals surface area (Å²) in [6, 6.07) is 0.168. The molecule has 1 nitrogen and oxygen atoms in total. The number of hydrogen-bond acceptors (Lipinski definition) is 1. The quantitative estimate of drug-likeness (QED) is 0.209. The van der Waals surface area contributed by atoms with Crippen LogP contribution in [0.1, 0.15) is 11.1 Å². The van der Waals surface area contributed by atoms with Crippen molar-refractivity contribution in [1.82, 2.24) is 0 Å². The van der Waals surface area contributed by atoms with E-state index in [9.17, 15) is 110 Å². The summed E-state index contributed by atoms with van der Waals surface area (Å²) in [5.74, 6) is -98.9. The zero-order valence-electron chi connectivity index (χ0n) is 19.7. The van der Waals surface area contributed by atoms with Gasteiger partial charge in [0, 0.05) is 5.56 Å². The van der Waals surface area contributed by atoms with Gasteiger partial charge in [0.05, 0.1) is 11.6 Å². The highest BCUT2D eigenvalue weighted by molar-refractivity contribution is 5.35. The number of nitriles is 1. The van der Waals surface area contributed by atoms with Gasteiger partial charge < -0.3 is 0 Å². The largest absolute Gasteiger partial charge is 0.460 e. The smallest absolute Gasteiger partial charge is 0.194 e. The molecule has 1 aromatic carbocycles. The first kappa shape index (κ1) is 40.0. The number of rotatable bonds is 11. The lowest BCUT2D eigenvalue weighted by Crippen LogP contribution is -2.78. The Hall–Kier alpha value is -3.04. The molecule has 45 heavy (non-hydrogen) atoms. The average Bonchev–Trinajstić information content (AvgIpc) is 2.86. The Morgan fingerprint density at radius 2 is 0.556 bits per heavy atom. The number of hydrogen-bond donors (Lipinski definition) is 0. The summed E-state index contributed by atoms with van der Waals surface area (Å²) in [4.78, 5) is 0. The fourth-order valence-corrected chi connectivity index (χ4v) is 2.89. The lowest BCUT2D eigenvalue weighted by molar-refractivity contribution is -0.482. The van der Waals surface area contributed by atoms with Gasteiger partial charge in [-0.1, -0.05) is 12.1 Å². The summed E-state index contributed by atoms with van der Waals surface area (Å²) in [5.41, 5.74) is -3.44. The van der Waals surface area contributed by atoms with Gasteiger partial charge in [-0.2, -0.15) is 115 Å². The van der Waals surface area contributed by atoms with Gasteiger partial charge in [-0.25, -0.2) is 0 Å². The van der Waals surface area contributed by atoms with Crippen molar-refractivity contribution in [2.45, 2.75) is 71.3 Å². The minimum absolute atomic E-state index is 0.0270. The number of alkyl halides is 25. The van der Waals surface area contributed by atoms with Crippen LogP contribution in [-0.4, -0.2) is 65.4 Å². The van der Waals surface area contributed by atoms with Gasteiger partial charge in [-0.3, -0.25) is 0 Å². The third kappa shape index (κ3) is 4.79. The molecule has 0 fully saturated rings. The molecule has 0 spiro atoms. The maximum Gasteiger partial charge on any atom is 0.460 e. The highest BCUT2D eigenvalue weighted by Gasteiger charge is 2.99. The normalized spacial score (nSPS) is 16.1. The van der Waals surface area contributed by atoms with Gasteiger partial charge in [0.2, 0.25) is 0 Å². The molecule has 0 saturated carbocycles. The van der Waals surface area contributed by atoms with Crippen molar-refractivity contribution >= 4 is 0 Å². The molecule has 0 radical (unpaired) electrons. The molecule has 0 N–H and O–H groups in total. The first-order chi connectivity index (χ1) is 19.3. The molecule has 0 aliphatic rings. The topological polar surface area (TPSA) is 23.8 Å². The molecule has 26 heteroatoms. The summed E-state index contributed by atoms with van der Waals surface area (Å²) in [7, 11) is 0. The predicted octanol–water partition coefficient (Wildman–Crippen LogP) is 9.57. The first-order valence-corrected chi connectivity index (χ1v) is 10.0. The van der Waals surface area contributed by atoms with Gasteiger partial charge in [-0.05, 0) is 12.1 Å². The molecule has 0 unspecified atom stereocenters. The van der Waals surface area contributed by atoms with Gasteiger partial charge in [0.15, 0.2) is 0 Å². The molecule has 0 amide bonds. The van der Waals surface area contributed by atoms with E-state index in [2.05, 4.69) is 0 Å². The number of benzene rings is 1. The van der Waals surface area contributed by atoms with Gasteiger partial charge in [-0.15, -0.1) is 0 Å². The molecule has 0 aliphatic heterocycles. The zero-order valence-corrected chi connectivity index (χ0v) is 19.7. The van der Waals surface area contributed by atoms with Crippen LogP contribution in [-0.2, 0) is 5.92 Å². The Labute approximate surface area is 229 Å². The van der Waals surface area contributed by atoms with Crippen LogP contribution in [0.2, 0.25) is 0 Å². The number of nitrogens with zero attached hydrogens (tertiary/aromatic N) is 1. The van der Waals surface area contributed by atoms with E-state index in [1.165, 1.54) is 0 Å². The molecule has 0 atom stereocenters. The van der Waals surface area contributed by atoms with Gasteiger partial charge >= 0.3 is 71.3 Å². The monoisotopic (exact) mass is 721 g/mol. The lowest BCUT2D eigenvalue weighted by Gasteiger charge is -2.45. The second-order valence-electron chi connectivity index (χ2n) is 8.51. The summed E-state index contributed by atoms with van der Waals surface area (Å²) in [6.07, 6.45) is -8.18. The van der Waals surface area contributed by atoms with Crippen molar-refractivity contribution in [2.24, 2.45) is 0 Å². The summed E-state index contributed by atoms with van der Waals surface area (Å²) >= 11 is 0. The maximum atomic E-state index is 14.1. The minimum atomic E-state index is -9.62. The van der Waals surface area contributed by atoms with Crippen molar-refractivity contribution in [1.29, 1.82) is 5.26 Å². The molecule has 0 aromatic heterocycles. The molecular formula is C19H4F25N. The van der Waals surface area contributed by atoms with Crippen LogP contribution >= 0.6 is 0 Å². The van der Waals surface area contributed by atoms with E-state index >= 15 is 0 Å². The Morgan fingerprint density at radius 1 is 0.333 bits per heavy atom. The minimum Gasteiger partial charge on any atom is -0.194 e. The van der Waals surface area contributed by atoms with Crippen LogP contribution in [0.5, 0.6) is 0 Å². The molecule has 0 saturated heterocycles. The molecule has 1 aromatic rings. The van der Waals surface area contributed by atoms with Crippen LogP contribution in [0.25, 0.3) is 0 Å². The second kappa shape index (κ2) is 10.2. The molecule has 0 bridgehead atoms. The van der Waals surface area contributed by atoms with Gasteiger partial charge in [0.25, 0.3) is 0 Å². The SMILES string of the molecule is N#Cc1ccc(C(F)(F)C(F)(F)C(F)(F)C(F)(F)C(F)(F)C(F)(F)C(F)(F)C(F)(F)C(F)(F)C(F)(F)C(F)(F)C(F)(F)F)cc1. The zero-order chi connectivity index (χ0) is 36.7. The van der Waals surface area contributed by atoms with Crippen molar-refractivity contribution in [2.75, 3.05) is 0 Å². The molecule has 260 valence electrons. The van der Waals surface area contributed by atoms with Crippen molar-refractivity contribution in [3.8, 4) is 6.07 Å². The molecule has 1 rings (SSSR count). The van der Waals surface area contributed by atoms with E-state index in [1.54, 1.807) is 0 Å². The summed E-state index contributed by atoms with van der Waals surface area (Å²) in [5, 5.41) is 8.44. The maximum absolute atomic E-state index is 14.1. The van der Waals surface area contributed by atoms with E-state index in [-0.39, 0.29) is 12.1 Å². The standard InChI is InChI=1S/C19H4F25N/c20-8(21,7-3-1-6(5-45)2-4-7)9(22,23)10(24,25)11(26,27)12(28,29)13(30,31)14(32,33)15(34,35)16(36,37)17(38,39)18(40,41)19(42,43)44/h1-4H. The number of halogens is 25. The van der Waals surface area contributed by atoms with Crippen molar-refractivity contribution < 1.29 is 110 Å².